The van der Waals surface area contributed by atoms with Crippen molar-refractivity contribution in [2.45, 2.75) is 32.7 Å². The molecule has 7 nitrogen and oxygen atoms in total. The molecule has 1 aliphatic heterocycles. The van der Waals surface area contributed by atoms with E-state index in [9.17, 15) is 9.59 Å². The van der Waals surface area contributed by atoms with Gasteiger partial charge in [0.25, 0.3) is 0 Å². The molecular weight excluding hydrogens is 338 g/mol. The first-order valence-corrected chi connectivity index (χ1v) is 8.51. The molecule has 0 saturated carbocycles. The Morgan fingerprint density at radius 3 is 2.65 bits per heavy atom. The minimum atomic E-state index is -1.04. The number of furan rings is 1. The van der Waals surface area contributed by atoms with Crippen molar-refractivity contribution in [1.29, 1.82) is 0 Å². The Morgan fingerprint density at radius 1 is 1.15 bits per heavy atom. The summed E-state index contributed by atoms with van der Waals surface area (Å²) in [4.78, 5) is 23.0. The van der Waals surface area contributed by atoms with Gasteiger partial charge in [-0.2, -0.15) is 0 Å². The van der Waals surface area contributed by atoms with Gasteiger partial charge < -0.3 is 24.3 Å². The summed E-state index contributed by atoms with van der Waals surface area (Å²) in [6, 6.07) is 7.13. The van der Waals surface area contributed by atoms with Crippen LogP contribution >= 0.6 is 0 Å². The molecule has 0 bridgehead atoms. The molecule has 0 spiro atoms. The molecule has 0 radical (unpaired) electrons. The zero-order valence-electron chi connectivity index (χ0n) is 14.5. The van der Waals surface area contributed by atoms with E-state index < -0.39 is 5.97 Å². The highest BCUT2D eigenvalue weighted by molar-refractivity contribution is 5.88. The fraction of sp³-hybridized carbons (Fsp3) is 0.368. The number of amides is 1. The Morgan fingerprint density at radius 2 is 1.92 bits per heavy atom. The maximum atomic E-state index is 12.0. The zero-order chi connectivity index (χ0) is 18.5. The van der Waals surface area contributed by atoms with Gasteiger partial charge in [0.05, 0.1) is 19.8 Å². The molecule has 2 N–H and O–H groups in total. The second-order valence-corrected chi connectivity index (χ2v) is 6.10. The lowest BCUT2D eigenvalue weighted by molar-refractivity contribution is -0.121. The van der Waals surface area contributed by atoms with Crippen LogP contribution in [-0.4, -0.2) is 30.2 Å². The predicted molar refractivity (Wildman–Crippen MR) is 92.6 cm³/mol. The SMILES string of the molecule is Cc1oc(CNC(=O)CCc2ccc3c(c2)OCCCO3)cc1C(=O)O. The number of fused-ring (bicyclic) bond motifs is 1. The molecular formula is C19H21NO6. The van der Waals surface area contributed by atoms with E-state index in [1.807, 2.05) is 18.2 Å². The van der Waals surface area contributed by atoms with Gasteiger partial charge in [0.1, 0.15) is 17.1 Å². The lowest BCUT2D eigenvalue weighted by atomic mass is 10.1. The number of aryl methyl sites for hydroxylation is 2. The van der Waals surface area contributed by atoms with Crippen molar-refractivity contribution in [2.24, 2.45) is 0 Å². The lowest BCUT2D eigenvalue weighted by Crippen LogP contribution is -2.22. The maximum Gasteiger partial charge on any atom is 0.339 e. The molecule has 0 fully saturated rings. The quantitative estimate of drug-likeness (QED) is 0.823. The molecule has 2 heterocycles. The zero-order valence-corrected chi connectivity index (χ0v) is 14.5. The normalized spacial score (nSPS) is 13.1. The molecule has 26 heavy (non-hydrogen) atoms. The number of carboxylic acids is 1. The number of nitrogens with one attached hydrogen (secondary N) is 1. The number of carbonyl (C=O) groups is 2. The molecule has 7 heteroatoms. The molecule has 3 rings (SSSR count). The van der Waals surface area contributed by atoms with E-state index in [2.05, 4.69) is 5.32 Å². The van der Waals surface area contributed by atoms with Gasteiger partial charge in [-0.15, -0.1) is 0 Å². The fourth-order valence-corrected chi connectivity index (χ4v) is 2.74. The monoisotopic (exact) mass is 359 g/mol. The molecule has 138 valence electrons. The van der Waals surface area contributed by atoms with Gasteiger partial charge in [0.2, 0.25) is 5.91 Å². The van der Waals surface area contributed by atoms with Gasteiger partial charge in [-0.3, -0.25) is 4.79 Å². The number of hydrogen-bond donors (Lipinski definition) is 2. The summed E-state index contributed by atoms with van der Waals surface area (Å²) in [6.07, 6.45) is 1.73. The Labute approximate surface area is 150 Å². The fourth-order valence-electron chi connectivity index (χ4n) is 2.74. The average Bonchev–Trinajstić information content (AvgIpc) is 2.84. The Hall–Kier alpha value is -2.96. The van der Waals surface area contributed by atoms with Gasteiger partial charge in [0, 0.05) is 12.8 Å². The highest BCUT2D eigenvalue weighted by atomic mass is 16.5. The first-order chi connectivity index (χ1) is 12.5. The van der Waals surface area contributed by atoms with Crippen LogP contribution in [0, 0.1) is 6.92 Å². The third kappa shape index (κ3) is 4.36. The number of carbonyl (C=O) groups excluding carboxylic acids is 1. The van der Waals surface area contributed by atoms with Gasteiger partial charge in [-0.1, -0.05) is 6.07 Å². The third-order valence-electron chi connectivity index (χ3n) is 4.11. The van der Waals surface area contributed by atoms with Gasteiger partial charge in [-0.05, 0) is 37.1 Å². The Bertz CT molecular complexity index is 810. The minimum Gasteiger partial charge on any atom is -0.490 e. The van der Waals surface area contributed by atoms with Crippen molar-refractivity contribution in [3.05, 3.63) is 46.9 Å². The van der Waals surface area contributed by atoms with Gasteiger partial charge in [-0.25, -0.2) is 4.79 Å². The minimum absolute atomic E-state index is 0.112. The molecule has 1 aromatic heterocycles. The predicted octanol–water partition coefficient (Wildman–Crippen LogP) is 2.70. The second-order valence-electron chi connectivity index (χ2n) is 6.10. The Balaban J connectivity index is 1.50. The summed E-state index contributed by atoms with van der Waals surface area (Å²) >= 11 is 0. The van der Waals surface area contributed by atoms with Crippen LogP contribution in [0.1, 0.15) is 40.3 Å². The van der Waals surface area contributed by atoms with E-state index in [-0.39, 0.29) is 18.0 Å². The summed E-state index contributed by atoms with van der Waals surface area (Å²) in [5, 5.41) is 11.7. The van der Waals surface area contributed by atoms with E-state index in [1.165, 1.54) is 6.07 Å². The number of carboxylic acid groups (broad SMARTS) is 1. The summed E-state index contributed by atoms with van der Waals surface area (Å²) in [5.74, 6) is 1.02. The summed E-state index contributed by atoms with van der Waals surface area (Å²) in [7, 11) is 0. The summed E-state index contributed by atoms with van der Waals surface area (Å²) in [6.45, 7) is 3.01. The average molecular weight is 359 g/mol. The van der Waals surface area contributed by atoms with Crippen LogP contribution in [0.4, 0.5) is 0 Å². The van der Waals surface area contributed by atoms with Crippen molar-refractivity contribution in [3.63, 3.8) is 0 Å². The smallest absolute Gasteiger partial charge is 0.339 e. The standard InChI is InChI=1S/C19H21NO6/c1-12-15(19(22)23)10-14(26-12)11-20-18(21)6-4-13-3-5-16-17(9-13)25-8-2-7-24-16/h3,5,9-10H,2,4,6-8,11H2,1H3,(H,20,21)(H,22,23). The molecule has 1 aromatic carbocycles. The van der Waals surface area contributed by atoms with Crippen LogP contribution < -0.4 is 14.8 Å². The van der Waals surface area contributed by atoms with Crippen molar-refractivity contribution in [1.82, 2.24) is 5.32 Å². The van der Waals surface area contributed by atoms with Crippen molar-refractivity contribution in [3.8, 4) is 11.5 Å². The molecule has 1 amide bonds. The van der Waals surface area contributed by atoms with Crippen LogP contribution in [-0.2, 0) is 17.8 Å². The van der Waals surface area contributed by atoms with Crippen molar-refractivity contribution in [2.75, 3.05) is 13.2 Å². The number of benzene rings is 1. The summed E-state index contributed by atoms with van der Waals surface area (Å²) in [5.41, 5.74) is 1.10. The van der Waals surface area contributed by atoms with E-state index in [4.69, 9.17) is 19.0 Å². The first-order valence-electron chi connectivity index (χ1n) is 8.51. The Kier molecular flexibility index (Phi) is 5.46. The highest BCUT2D eigenvalue weighted by Gasteiger charge is 2.15. The summed E-state index contributed by atoms with van der Waals surface area (Å²) < 4.78 is 16.6. The van der Waals surface area contributed by atoms with Crippen LogP contribution in [0.3, 0.4) is 0 Å². The molecule has 0 saturated heterocycles. The topological polar surface area (TPSA) is 98.0 Å². The number of hydrogen-bond acceptors (Lipinski definition) is 5. The lowest BCUT2D eigenvalue weighted by Gasteiger charge is -2.09. The van der Waals surface area contributed by atoms with E-state index in [1.54, 1.807) is 6.92 Å². The van der Waals surface area contributed by atoms with Crippen LogP contribution in [0.2, 0.25) is 0 Å². The molecule has 0 atom stereocenters. The molecule has 0 unspecified atom stereocenters. The third-order valence-corrected chi connectivity index (χ3v) is 4.11. The molecule has 1 aliphatic rings. The largest absolute Gasteiger partial charge is 0.490 e. The van der Waals surface area contributed by atoms with Crippen LogP contribution in [0.15, 0.2) is 28.7 Å². The second kappa shape index (κ2) is 7.95. The van der Waals surface area contributed by atoms with Crippen LogP contribution in [0.25, 0.3) is 0 Å². The van der Waals surface area contributed by atoms with Crippen LogP contribution in [0.5, 0.6) is 11.5 Å². The van der Waals surface area contributed by atoms with E-state index in [0.717, 1.165) is 17.7 Å². The van der Waals surface area contributed by atoms with Gasteiger partial charge >= 0.3 is 5.97 Å². The van der Waals surface area contributed by atoms with Crippen molar-refractivity contribution >= 4 is 11.9 Å². The first kappa shape index (κ1) is 17.8. The van der Waals surface area contributed by atoms with Gasteiger partial charge in [0.15, 0.2) is 11.5 Å². The highest BCUT2D eigenvalue weighted by Crippen LogP contribution is 2.30. The van der Waals surface area contributed by atoms with Crippen molar-refractivity contribution < 1.29 is 28.6 Å². The maximum absolute atomic E-state index is 12.0. The number of rotatable bonds is 6. The number of aromatic carboxylic acids is 1. The molecule has 2 aromatic rings. The molecule has 0 aliphatic carbocycles. The van der Waals surface area contributed by atoms with E-state index >= 15 is 0 Å². The number of ether oxygens (including phenoxy) is 2. The van der Waals surface area contributed by atoms with E-state index in [0.29, 0.717) is 43.3 Å².